The van der Waals surface area contributed by atoms with Gasteiger partial charge in [-0.2, -0.15) is 5.26 Å². The number of carbonyl (C=O) groups is 1. The van der Waals surface area contributed by atoms with Crippen molar-refractivity contribution < 1.29 is 23.1 Å². The lowest BCUT2D eigenvalue weighted by molar-refractivity contribution is 0.0923. The lowest BCUT2D eigenvalue weighted by Crippen LogP contribution is -2.15. The predicted octanol–water partition coefficient (Wildman–Crippen LogP) is 2.24. The van der Waals surface area contributed by atoms with Gasteiger partial charge in [-0.3, -0.25) is 19.5 Å². The molecule has 146 valence electrons. The van der Waals surface area contributed by atoms with Crippen molar-refractivity contribution in [3.63, 3.8) is 0 Å². The predicted molar refractivity (Wildman–Crippen MR) is 100 cm³/mol. The summed E-state index contributed by atoms with van der Waals surface area (Å²) < 4.78 is 22.7. The van der Waals surface area contributed by atoms with Crippen molar-refractivity contribution in [2.24, 2.45) is 0 Å². The van der Waals surface area contributed by atoms with E-state index in [0.29, 0.717) is 11.0 Å². The molecule has 10 heteroatoms. The summed E-state index contributed by atoms with van der Waals surface area (Å²) in [4.78, 5) is 37.4. The zero-order chi connectivity index (χ0) is 20.9. The van der Waals surface area contributed by atoms with Crippen LogP contribution in [0.15, 0.2) is 37.0 Å². The molecule has 10 nitrogen and oxygen atoms in total. The van der Waals surface area contributed by atoms with Crippen LogP contribution in [0, 0.1) is 11.3 Å². The molecule has 1 aromatic carbocycles. The van der Waals surface area contributed by atoms with Crippen LogP contribution in [-0.4, -0.2) is 29.9 Å². The summed E-state index contributed by atoms with van der Waals surface area (Å²) in [6.45, 7) is 1.18. The number of hydrogen-bond donors (Lipinski definition) is 1. The van der Waals surface area contributed by atoms with Crippen LogP contribution in [0.25, 0.3) is 33.2 Å². The highest BCUT2D eigenvalue weighted by molar-refractivity contribution is 6.07. The summed E-state index contributed by atoms with van der Waals surface area (Å²) in [5.41, 5.74) is -1.76. The van der Waals surface area contributed by atoms with Gasteiger partial charge in [-0.1, -0.05) is 0 Å². The first kappa shape index (κ1) is 18.1. The van der Waals surface area contributed by atoms with E-state index in [9.17, 15) is 19.6 Å². The maximum absolute atomic E-state index is 13.4. The van der Waals surface area contributed by atoms with Crippen LogP contribution in [0.5, 0.6) is 11.5 Å². The topological polar surface area (TPSA) is 140 Å². The Morgan fingerprint density at radius 3 is 2.52 bits per heavy atom. The Morgan fingerprint density at radius 2 is 1.90 bits per heavy atom. The molecule has 0 amide bonds. The number of aromatic nitrogens is 2. The van der Waals surface area contributed by atoms with Gasteiger partial charge >= 0.3 is 0 Å². The van der Waals surface area contributed by atoms with E-state index in [1.165, 1.54) is 27.4 Å². The molecule has 0 aliphatic rings. The number of nitriles is 1. The molecular formula is C19H13N3O7. The van der Waals surface area contributed by atoms with Gasteiger partial charge < -0.3 is 18.3 Å². The number of nitrogens with one attached hydrogen (secondary N) is 1. The number of furan rings is 1. The second kappa shape index (κ2) is 6.42. The SMILES string of the molecule is COc1c2occc2c(OC)c2c(=O)c(-c3c(C#N)c(=O)[nH]n3C(C)=O)coc12. The van der Waals surface area contributed by atoms with Crippen LogP contribution in [0.3, 0.4) is 0 Å². The van der Waals surface area contributed by atoms with E-state index in [0.717, 1.165) is 10.9 Å². The normalized spacial score (nSPS) is 11.0. The second-order valence-corrected chi connectivity index (χ2v) is 6.04. The Morgan fingerprint density at radius 1 is 1.17 bits per heavy atom. The zero-order valence-corrected chi connectivity index (χ0v) is 15.5. The molecule has 0 saturated carbocycles. The van der Waals surface area contributed by atoms with E-state index in [2.05, 4.69) is 5.10 Å². The first-order valence-corrected chi connectivity index (χ1v) is 8.27. The van der Waals surface area contributed by atoms with Gasteiger partial charge in [-0.15, -0.1) is 0 Å². The summed E-state index contributed by atoms with van der Waals surface area (Å²) in [6, 6.07) is 3.32. The fraction of sp³-hybridized carbons (Fsp3) is 0.158. The number of nitrogens with zero attached hydrogens (tertiary/aromatic N) is 2. The van der Waals surface area contributed by atoms with E-state index < -0.39 is 16.9 Å². The molecule has 4 aromatic rings. The molecule has 0 atom stereocenters. The van der Waals surface area contributed by atoms with E-state index in [1.54, 1.807) is 12.1 Å². The number of fused-ring (bicyclic) bond motifs is 2. The van der Waals surface area contributed by atoms with Crippen LogP contribution in [-0.2, 0) is 0 Å². The summed E-state index contributed by atoms with van der Waals surface area (Å²) >= 11 is 0. The fourth-order valence-corrected chi connectivity index (χ4v) is 3.33. The third-order valence-electron chi connectivity index (χ3n) is 4.53. The van der Waals surface area contributed by atoms with Crippen molar-refractivity contribution in [1.29, 1.82) is 5.26 Å². The van der Waals surface area contributed by atoms with Gasteiger partial charge in [0.1, 0.15) is 34.7 Å². The summed E-state index contributed by atoms with van der Waals surface area (Å²) in [5, 5.41) is 12.1. The van der Waals surface area contributed by atoms with Gasteiger partial charge in [0.25, 0.3) is 5.56 Å². The molecule has 0 fully saturated rings. The molecule has 4 rings (SSSR count). The van der Waals surface area contributed by atoms with Crippen molar-refractivity contribution in [2.75, 3.05) is 14.2 Å². The van der Waals surface area contributed by atoms with Crippen LogP contribution in [0.4, 0.5) is 0 Å². The van der Waals surface area contributed by atoms with Crippen LogP contribution < -0.4 is 20.5 Å². The van der Waals surface area contributed by atoms with Crippen LogP contribution >= 0.6 is 0 Å². The third-order valence-corrected chi connectivity index (χ3v) is 4.53. The lowest BCUT2D eigenvalue weighted by atomic mass is 10.0. The first-order valence-electron chi connectivity index (χ1n) is 8.27. The van der Waals surface area contributed by atoms with E-state index >= 15 is 0 Å². The minimum Gasteiger partial charge on any atom is -0.495 e. The number of methoxy groups -OCH3 is 2. The Bertz CT molecular complexity index is 1460. The van der Waals surface area contributed by atoms with Crippen LogP contribution in [0.2, 0.25) is 0 Å². The standard InChI is InChI=1S/C19H13N3O7/c1-8(23)22-13(10(6-20)19(25)21-22)11-7-29-17-12(14(11)24)15(26-2)9-4-5-28-16(9)18(17)27-3/h4-5,7H,1-3H3,(H,21,25). The molecule has 0 unspecified atom stereocenters. The zero-order valence-electron chi connectivity index (χ0n) is 15.5. The van der Waals surface area contributed by atoms with Gasteiger partial charge in [0.15, 0.2) is 11.2 Å². The minimum atomic E-state index is -0.799. The number of rotatable bonds is 3. The number of hydrogen-bond acceptors (Lipinski definition) is 8. The smallest absolute Gasteiger partial charge is 0.283 e. The van der Waals surface area contributed by atoms with Gasteiger partial charge in [0, 0.05) is 6.92 Å². The van der Waals surface area contributed by atoms with Crippen molar-refractivity contribution in [3.05, 3.63) is 44.7 Å². The van der Waals surface area contributed by atoms with Gasteiger partial charge in [-0.25, -0.2) is 4.68 Å². The summed E-state index contributed by atoms with van der Waals surface area (Å²) in [6.07, 6.45) is 2.47. The van der Waals surface area contributed by atoms with Crippen molar-refractivity contribution in [3.8, 4) is 28.8 Å². The Kier molecular flexibility index (Phi) is 4.01. The quantitative estimate of drug-likeness (QED) is 0.557. The molecule has 0 aliphatic carbocycles. The number of carbonyl (C=O) groups excluding carboxylic acids is 1. The van der Waals surface area contributed by atoms with Crippen molar-refractivity contribution in [2.45, 2.75) is 6.92 Å². The van der Waals surface area contributed by atoms with Crippen LogP contribution in [0.1, 0.15) is 17.3 Å². The maximum atomic E-state index is 13.4. The molecule has 0 radical (unpaired) electrons. The largest absolute Gasteiger partial charge is 0.495 e. The van der Waals surface area contributed by atoms with Gasteiger partial charge in [0.05, 0.1) is 31.4 Å². The van der Waals surface area contributed by atoms with Crippen molar-refractivity contribution in [1.82, 2.24) is 9.78 Å². The number of H-pyrrole nitrogens is 1. The van der Waals surface area contributed by atoms with E-state index in [-0.39, 0.29) is 39.3 Å². The highest BCUT2D eigenvalue weighted by Gasteiger charge is 2.27. The number of benzene rings is 1. The Labute approximate surface area is 161 Å². The number of aromatic amines is 1. The maximum Gasteiger partial charge on any atom is 0.283 e. The first-order chi connectivity index (χ1) is 13.9. The third kappa shape index (κ3) is 2.37. The second-order valence-electron chi connectivity index (χ2n) is 6.04. The average Bonchev–Trinajstić information content (AvgIpc) is 3.31. The Hall–Kier alpha value is -4.26. The highest BCUT2D eigenvalue weighted by Crippen LogP contribution is 2.42. The monoisotopic (exact) mass is 395 g/mol. The molecule has 1 N–H and O–H groups in total. The highest BCUT2D eigenvalue weighted by atomic mass is 16.5. The van der Waals surface area contributed by atoms with Gasteiger partial charge in [0.2, 0.25) is 17.1 Å². The molecule has 3 aromatic heterocycles. The Balaban J connectivity index is 2.22. The minimum absolute atomic E-state index is 0.0170. The molecule has 0 aliphatic heterocycles. The lowest BCUT2D eigenvalue weighted by Gasteiger charge is -2.11. The van der Waals surface area contributed by atoms with Gasteiger partial charge in [-0.05, 0) is 6.07 Å². The molecule has 3 heterocycles. The average molecular weight is 395 g/mol. The fourth-order valence-electron chi connectivity index (χ4n) is 3.33. The van der Waals surface area contributed by atoms with E-state index in [1.807, 2.05) is 0 Å². The van der Waals surface area contributed by atoms with E-state index in [4.69, 9.17) is 18.3 Å². The van der Waals surface area contributed by atoms with Crippen molar-refractivity contribution >= 4 is 27.8 Å². The molecule has 0 saturated heterocycles. The number of ether oxygens (including phenoxy) is 2. The summed E-state index contributed by atoms with van der Waals surface area (Å²) in [7, 11) is 2.77. The summed E-state index contributed by atoms with van der Waals surface area (Å²) in [5.74, 6) is -0.234. The molecular weight excluding hydrogens is 382 g/mol. The molecule has 0 bridgehead atoms. The molecule has 0 spiro atoms. The molecule has 29 heavy (non-hydrogen) atoms.